The van der Waals surface area contributed by atoms with Crippen molar-refractivity contribution in [2.24, 2.45) is 7.05 Å². The van der Waals surface area contributed by atoms with Crippen LogP contribution >= 0.6 is 11.6 Å². The molecule has 0 spiro atoms. The number of tetrazole rings is 1. The van der Waals surface area contributed by atoms with Crippen molar-refractivity contribution >= 4 is 39.1 Å². The molecular weight excluding hydrogens is 470 g/mol. The van der Waals surface area contributed by atoms with Crippen LogP contribution in [0.4, 0.5) is 5.69 Å². The van der Waals surface area contributed by atoms with Gasteiger partial charge in [0.25, 0.3) is 5.56 Å². The summed E-state index contributed by atoms with van der Waals surface area (Å²) in [6.07, 6.45) is 2.67. The van der Waals surface area contributed by atoms with Crippen molar-refractivity contribution in [1.29, 1.82) is 0 Å². The van der Waals surface area contributed by atoms with Gasteiger partial charge in [-0.05, 0) is 47.9 Å². The summed E-state index contributed by atoms with van der Waals surface area (Å²) >= 11 is 6.16. The number of benzene rings is 1. The van der Waals surface area contributed by atoms with E-state index in [1.54, 1.807) is 23.7 Å². The lowest BCUT2D eigenvalue weighted by molar-refractivity contribution is 0.277. The van der Waals surface area contributed by atoms with E-state index in [2.05, 4.69) is 30.8 Å². The Morgan fingerprint density at radius 3 is 2.86 bits per heavy atom. The molecule has 0 fully saturated rings. The predicted molar refractivity (Wildman–Crippen MR) is 131 cm³/mol. The van der Waals surface area contributed by atoms with Crippen LogP contribution in [-0.2, 0) is 20.1 Å². The Kier molecular flexibility index (Phi) is 5.04. The number of aryl methyl sites for hydroxylation is 4. The molecule has 35 heavy (non-hydrogen) atoms. The fourth-order valence-corrected chi connectivity index (χ4v) is 5.05. The first-order chi connectivity index (χ1) is 16.9. The van der Waals surface area contributed by atoms with Crippen molar-refractivity contribution in [2.45, 2.75) is 32.5 Å². The number of halogens is 1. The molecule has 11 nitrogen and oxygen atoms in total. The molecule has 12 heteroatoms. The van der Waals surface area contributed by atoms with Gasteiger partial charge in [0.2, 0.25) is 5.82 Å². The lowest BCUT2D eigenvalue weighted by Crippen LogP contribution is -2.27. The molecule has 2 N–H and O–H groups in total. The van der Waals surface area contributed by atoms with Crippen molar-refractivity contribution < 1.29 is 5.11 Å². The van der Waals surface area contributed by atoms with Gasteiger partial charge in [0.05, 0.1) is 31.6 Å². The van der Waals surface area contributed by atoms with Gasteiger partial charge in [0.1, 0.15) is 16.5 Å². The van der Waals surface area contributed by atoms with Crippen LogP contribution in [0.25, 0.3) is 33.3 Å². The number of nitrogens with one attached hydrogen (secondary N) is 1. The van der Waals surface area contributed by atoms with Crippen LogP contribution in [0, 0.1) is 6.92 Å². The minimum absolute atomic E-state index is 0.0480. The number of pyridine rings is 2. The normalized spacial score (nSPS) is 14.1. The summed E-state index contributed by atoms with van der Waals surface area (Å²) in [5, 5.41) is 33.2. The fraction of sp³-hybridized carbons (Fsp3) is 0.304. The zero-order valence-electron chi connectivity index (χ0n) is 19.1. The largest absolute Gasteiger partial charge is 0.394 e. The van der Waals surface area contributed by atoms with Crippen LogP contribution in [0.2, 0.25) is 5.15 Å². The van der Waals surface area contributed by atoms with E-state index in [-0.39, 0.29) is 17.3 Å². The molecule has 0 radical (unpaired) electrons. The standard InChI is InChI=1S/C23H22ClN9O2/c1-12-8-13(19-14(9-12)23(35)32-6-3-7-33-22(32)15(19)10-25-33)17(11-34)26-16-4-5-18(24)27-20(16)21-28-30-31(2)29-21/h4-5,8-10,17,26,34H,3,6-7,11H2,1-2H3. The van der Waals surface area contributed by atoms with Crippen LogP contribution in [0.15, 0.2) is 35.3 Å². The van der Waals surface area contributed by atoms with E-state index < -0.39 is 6.04 Å². The first-order valence-electron chi connectivity index (χ1n) is 11.3. The highest BCUT2D eigenvalue weighted by Crippen LogP contribution is 2.35. The Morgan fingerprint density at radius 2 is 2.09 bits per heavy atom. The number of aliphatic hydroxyl groups excluding tert-OH is 1. The van der Waals surface area contributed by atoms with Crippen molar-refractivity contribution in [3.63, 3.8) is 0 Å². The molecule has 0 bridgehead atoms. The maximum Gasteiger partial charge on any atom is 0.260 e. The highest BCUT2D eigenvalue weighted by atomic mass is 35.5. The van der Waals surface area contributed by atoms with Crippen LogP contribution in [0.1, 0.15) is 23.6 Å². The molecule has 1 aliphatic rings. The average Bonchev–Trinajstić information content (AvgIpc) is 3.48. The summed E-state index contributed by atoms with van der Waals surface area (Å²) in [7, 11) is 1.66. The van der Waals surface area contributed by atoms with Gasteiger partial charge in [0.15, 0.2) is 0 Å². The van der Waals surface area contributed by atoms with Gasteiger partial charge < -0.3 is 10.4 Å². The maximum atomic E-state index is 13.5. The van der Waals surface area contributed by atoms with Crippen molar-refractivity contribution in [2.75, 3.05) is 11.9 Å². The molecule has 1 atom stereocenters. The van der Waals surface area contributed by atoms with Gasteiger partial charge in [-0.25, -0.2) is 9.67 Å². The number of anilines is 1. The Hall–Kier alpha value is -3.83. The molecule has 5 heterocycles. The minimum Gasteiger partial charge on any atom is -0.394 e. The van der Waals surface area contributed by atoms with Gasteiger partial charge in [-0.3, -0.25) is 9.36 Å². The van der Waals surface area contributed by atoms with Crippen LogP contribution in [-0.4, -0.2) is 51.3 Å². The Morgan fingerprint density at radius 1 is 1.23 bits per heavy atom. The second-order valence-electron chi connectivity index (χ2n) is 8.70. The highest BCUT2D eigenvalue weighted by Gasteiger charge is 2.25. The number of nitrogens with zero attached hydrogens (tertiary/aromatic N) is 8. The quantitative estimate of drug-likeness (QED) is 0.359. The summed E-state index contributed by atoms with van der Waals surface area (Å²) in [6, 6.07) is 6.76. The number of rotatable bonds is 5. The zero-order valence-corrected chi connectivity index (χ0v) is 19.9. The summed E-state index contributed by atoms with van der Waals surface area (Å²) in [4.78, 5) is 19.2. The van der Waals surface area contributed by atoms with Crippen LogP contribution in [0.5, 0.6) is 0 Å². The molecule has 0 amide bonds. The number of aliphatic hydroxyl groups is 1. The third kappa shape index (κ3) is 3.46. The molecule has 6 rings (SSSR count). The number of hydrogen-bond acceptors (Lipinski definition) is 8. The van der Waals surface area contributed by atoms with E-state index in [1.807, 2.05) is 29.9 Å². The van der Waals surface area contributed by atoms with Crippen molar-refractivity contribution in [1.82, 2.24) is 39.5 Å². The van der Waals surface area contributed by atoms with E-state index in [4.69, 9.17) is 11.6 Å². The first-order valence-corrected chi connectivity index (χ1v) is 11.6. The molecule has 4 aromatic heterocycles. The van der Waals surface area contributed by atoms with Gasteiger partial charge in [-0.1, -0.05) is 17.7 Å². The second kappa shape index (κ2) is 8.14. The smallest absolute Gasteiger partial charge is 0.260 e. The average molecular weight is 492 g/mol. The minimum atomic E-state index is -0.555. The summed E-state index contributed by atoms with van der Waals surface area (Å²) < 4.78 is 3.69. The maximum absolute atomic E-state index is 13.5. The summed E-state index contributed by atoms with van der Waals surface area (Å²) in [5.74, 6) is 0.303. The molecular formula is C23H22ClN9O2. The van der Waals surface area contributed by atoms with Crippen LogP contribution in [0.3, 0.4) is 0 Å². The summed E-state index contributed by atoms with van der Waals surface area (Å²) in [6.45, 7) is 3.14. The number of aromatic nitrogens is 8. The van der Waals surface area contributed by atoms with Gasteiger partial charge in [-0.2, -0.15) is 9.90 Å². The fourth-order valence-electron chi connectivity index (χ4n) is 4.90. The molecule has 1 unspecified atom stereocenters. The molecule has 5 aromatic rings. The second-order valence-corrected chi connectivity index (χ2v) is 9.09. The van der Waals surface area contributed by atoms with E-state index in [1.165, 1.54) is 4.80 Å². The molecule has 1 aliphatic heterocycles. The molecule has 0 saturated carbocycles. The van der Waals surface area contributed by atoms with E-state index >= 15 is 0 Å². The lowest BCUT2D eigenvalue weighted by atomic mass is 9.95. The highest BCUT2D eigenvalue weighted by molar-refractivity contribution is 6.29. The van der Waals surface area contributed by atoms with Crippen molar-refractivity contribution in [3.05, 3.63) is 57.1 Å². The summed E-state index contributed by atoms with van der Waals surface area (Å²) in [5.41, 5.74) is 3.48. The van der Waals surface area contributed by atoms with E-state index in [0.717, 1.165) is 40.5 Å². The lowest BCUT2D eigenvalue weighted by Gasteiger charge is -2.23. The third-order valence-corrected chi connectivity index (χ3v) is 6.56. The predicted octanol–water partition coefficient (Wildman–Crippen LogP) is 2.45. The monoisotopic (exact) mass is 491 g/mol. The first kappa shape index (κ1) is 21.7. The molecule has 1 aromatic carbocycles. The topological polar surface area (TPSA) is 129 Å². The number of hydrogen-bond donors (Lipinski definition) is 2. The molecule has 178 valence electrons. The Bertz CT molecular complexity index is 1670. The van der Waals surface area contributed by atoms with Crippen LogP contribution < -0.4 is 10.9 Å². The van der Waals surface area contributed by atoms with E-state index in [9.17, 15) is 9.90 Å². The van der Waals surface area contributed by atoms with Crippen molar-refractivity contribution in [3.8, 4) is 11.5 Å². The van der Waals surface area contributed by atoms with Gasteiger partial charge >= 0.3 is 0 Å². The zero-order chi connectivity index (χ0) is 24.3. The van der Waals surface area contributed by atoms with E-state index in [0.29, 0.717) is 29.1 Å². The number of fused-ring (bicyclic) bond motifs is 2. The van der Waals surface area contributed by atoms with Gasteiger partial charge in [-0.15, -0.1) is 10.2 Å². The third-order valence-electron chi connectivity index (χ3n) is 6.35. The molecule has 0 aliphatic carbocycles. The SMILES string of the molecule is Cc1cc(C(CO)Nc2ccc(Cl)nc2-c2nnn(C)n2)c2c(c1)c(=O)n1c3c2cnn3CCC1. The molecule has 0 saturated heterocycles. The Labute approximate surface area is 204 Å². The van der Waals surface area contributed by atoms with Gasteiger partial charge in [0, 0.05) is 29.2 Å². The Balaban J connectivity index is 1.55.